The molecular formula is C10H10ClN3. The quantitative estimate of drug-likeness (QED) is 0.700. The van der Waals surface area contributed by atoms with E-state index in [4.69, 9.17) is 16.9 Å². The zero-order chi connectivity index (χ0) is 9.97. The Morgan fingerprint density at radius 1 is 1.57 bits per heavy atom. The van der Waals surface area contributed by atoms with Gasteiger partial charge in [-0.3, -0.25) is 0 Å². The van der Waals surface area contributed by atoms with Gasteiger partial charge in [-0.25, -0.2) is 9.97 Å². The zero-order valence-electron chi connectivity index (χ0n) is 7.70. The van der Waals surface area contributed by atoms with Crippen molar-refractivity contribution in [1.82, 2.24) is 9.97 Å². The Hall–Kier alpha value is -1.14. The van der Waals surface area contributed by atoms with Gasteiger partial charge in [0.25, 0.3) is 0 Å². The van der Waals surface area contributed by atoms with E-state index in [-0.39, 0.29) is 5.15 Å². The van der Waals surface area contributed by atoms with E-state index in [1.165, 1.54) is 25.5 Å². The molecule has 0 atom stereocenters. The molecule has 1 saturated carbocycles. The van der Waals surface area contributed by atoms with Gasteiger partial charge in [0.2, 0.25) is 0 Å². The number of hydrogen-bond donors (Lipinski definition) is 0. The van der Waals surface area contributed by atoms with E-state index >= 15 is 0 Å². The number of rotatable bonds is 2. The predicted octanol–water partition coefficient (Wildman–Crippen LogP) is 2.34. The van der Waals surface area contributed by atoms with Crippen LogP contribution in [0.3, 0.4) is 0 Å². The van der Waals surface area contributed by atoms with E-state index in [0.717, 1.165) is 18.2 Å². The predicted molar refractivity (Wildman–Crippen MR) is 52.8 cm³/mol. The molecule has 0 saturated heterocycles. The fourth-order valence-corrected chi connectivity index (χ4v) is 1.71. The van der Waals surface area contributed by atoms with Gasteiger partial charge in [-0.1, -0.05) is 30.9 Å². The molecule has 0 amide bonds. The molecule has 1 aromatic heterocycles. The molecule has 1 heterocycles. The Labute approximate surface area is 87.8 Å². The molecule has 14 heavy (non-hydrogen) atoms. The van der Waals surface area contributed by atoms with Crippen molar-refractivity contribution in [3.05, 3.63) is 22.7 Å². The van der Waals surface area contributed by atoms with E-state index in [1.807, 2.05) is 6.07 Å². The lowest BCUT2D eigenvalue weighted by molar-refractivity contribution is 0.309. The summed E-state index contributed by atoms with van der Waals surface area (Å²) >= 11 is 5.80. The standard InChI is InChI=1S/C10H10ClN3/c11-10-8(5-12)6-13-9(14-10)4-7-2-1-3-7/h6-7H,1-4H2. The maximum absolute atomic E-state index is 8.63. The Morgan fingerprint density at radius 2 is 2.36 bits per heavy atom. The van der Waals surface area contributed by atoms with Crippen molar-refractivity contribution in [2.45, 2.75) is 25.7 Å². The van der Waals surface area contributed by atoms with Gasteiger partial charge in [-0.05, 0) is 5.92 Å². The van der Waals surface area contributed by atoms with Crippen LogP contribution in [0.15, 0.2) is 6.20 Å². The number of aromatic nitrogens is 2. The molecule has 1 fully saturated rings. The summed E-state index contributed by atoms with van der Waals surface area (Å²) in [6.45, 7) is 0. The van der Waals surface area contributed by atoms with Gasteiger partial charge in [-0.15, -0.1) is 0 Å². The van der Waals surface area contributed by atoms with E-state index in [2.05, 4.69) is 9.97 Å². The van der Waals surface area contributed by atoms with Crippen molar-refractivity contribution in [2.75, 3.05) is 0 Å². The molecule has 0 radical (unpaired) electrons. The van der Waals surface area contributed by atoms with Crippen LogP contribution >= 0.6 is 11.6 Å². The molecular weight excluding hydrogens is 198 g/mol. The van der Waals surface area contributed by atoms with E-state index in [1.54, 1.807) is 0 Å². The largest absolute Gasteiger partial charge is 0.240 e. The third-order valence-corrected chi connectivity index (χ3v) is 2.90. The summed E-state index contributed by atoms with van der Waals surface area (Å²) in [4.78, 5) is 8.21. The number of hydrogen-bond acceptors (Lipinski definition) is 3. The van der Waals surface area contributed by atoms with Gasteiger partial charge in [-0.2, -0.15) is 5.26 Å². The Bertz CT molecular complexity index is 379. The van der Waals surface area contributed by atoms with Gasteiger partial charge < -0.3 is 0 Å². The minimum Gasteiger partial charge on any atom is -0.240 e. The zero-order valence-corrected chi connectivity index (χ0v) is 8.46. The van der Waals surface area contributed by atoms with Crippen molar-refractivity contribution in [2.24, 2.45) is 5.92 Å². The van der Waals surface area contributed by atoms with Gasteiger partial charge in [0, 0.05) is 12.6 Å². The van der Waals surface area contributed by atoms with Crippen LogP contribution in [0.4, 0.5) is 0 Å². The van der Waals surface area contributed by atoms with Gasteiger partial charge in [0.15, 0.2) is 5.15 Å². The molecule has 72 valence electrons. The molecule has 0 aromatic carbocycles. The molecule has 0 N–H and O–H groups in total. The Morgan fingerprint density at radius 3 is 2.86 bits per heavy atom. The minimum atomic E-state index is 0.275. The second-order valence-corrected chi connectivity index (χ2v) is 3.96. The van der Waals surface area contributed by atoms with Crippen LogP contribution in [0, 0.1) is 17.2 Å². The molecule has 0 spiro atoms. The topological polar surface area (TPSA) is 49.6 Å². The number of nitrogens with zero attached hydrogens (tertiary/aromatic N) is 3. The van der Waals surface area contributed by atoms with Crippen LogP contribution in [0.2, 0.25) is 5.15 Å². The van der Waals surface area contributed by atoms with Crippen LogP contribution in [0.1, 0.15) is 30.7 Å². The van der Waals surface area contributed by atoms with Gasteiger partial charge >= 0.3 is 0 Å². The summed E-state index contributed by atoms with van der Waals surface area (Å²) in [6.07, 6.45) is 6.24. The second kappa shape index (κ2) is 3.93. The molecule has 2 rings (SSSR count). The maximum Gasteiger partial charge on any atom is 0.150 e. The van der Waals surface area contributed by atoms with Crippen molar-refractivity contribution in [1.29, 1.82) is 5.26 Å². The average Bonchev–Trinajstić information content (AvgIpc) is 2.12. The molecule has 4 heteroatoms. The summed E-state index contributed by atoms with van der Waals surface area (Å²) in [7, 11) is 0. The molecule has 0 aliphatic heterocycles. The fraction of sp³-hybridized carbons (Fsp3) is 0.500. The highest BCUT2D eigenvalue weighted by Gasteiger charge is 2.19. The van der Waals surface area contributed by atoms with Crippen LogP contribution in [-0.2, 0) is 6.42 Å². The van der Waals surface area contributed by atoms with Crippen molar-refractivity contribution < 1.29 is 0 Å². The summed E-state index contributed by atoms with van der Waals surface area (Å²) in [5, 5.41) is 8.91. The first-order valence-corrected chi connectivity index (χ1v) is 5.09. The fourth-order valence-electron chi connectivity index (χ4n) is 1.52. The highest BCUT2D eigenvalue weighted by Crippen LogP contribution is 2.29. The first kappa shape index (κ1) is 9.42. The molecule has 1 aromatic rings. The summed E-state index contributed by atoms with van der Waals surface area (Å²) in [5.74, 6) is 1.48. The van der Waals surface area contributed by atoms with Gasteiger partial charge in [0.05, 0.1) is 0 Å². The maximum atomic E-state index is 8.63. The third kappa shape index (κ3) is 1.85. The molecule has 1 aliphatic rings. The number of halogens is 1. The van der Waals surface area contributed by atoms with E-state index < -0.39 is 0 Å². The summed E-state index contributed by atoms with van der Waals surface area (Å²) < 4.78 is 0. The number of nitriles is 1. The summed E-state index contributed by atoms with van der Waals surface area (Å²) in [5.41, 5.74) is 0.351. The highest BCUT2D eigenvalue weighted by atomic mass is 35.5. The first-order valence-electron chi connectivity index (χ1n) is 4.71. The van der Waals surface area contributed by atoms with Crippen molar-refractivity contribution in [3.63, 3.8) is 0 Å². The van der Waals surface area contributed by atoms with Crippen molar-refractivity contribution in [3.8, 4) is 6.07 Å². The van der Waals surface area contributed by atoms with Crippen LogP contribution < -0.4 is 0 Å². The van der Waals surface area contributed by atoms with Gasteiger partial charge in [0.1, 0.15) is 17.5 Å². The molecule has 3 nitrogen and oxygen atoms in total. The SMILES string of the molecule is N#Cc1cnc(CC2CCC2)nc1Cl. The summed E-state index contributed by atoms with van der Waals surface area (Å²) in [6, 6.07) is 1.95. The van der Waals surface area contributed by atoms with Crippen LogP contribution in [0.5, 0.6) is 0 Å². The third-order valence-electron chi connectivity index (χ3n) is 2.61. The first-order chi connectivity index (χ1) is 6.79. The average molecular weight is 208 g/mol. The van der Waals surface area contributed by atoms with Crippen molar-refractivity contribution >= 4 is 11.6 Å². The Kier molecular flexibility index (Phi) is 2.64. The van der Waals surface area contributed by atoms with Crippen LogP contribution in [-0.4, -0.2) is 9.97 Å². The smallest absolute Gasteiger partial charge is 0.150 e. The van der Waals surface area contributed by atoms with Crippen LogP contribution in [0.25, 0.3) is 0 Å². The minimum absolute atomic E-state index is 0.275. The lowest BCUT2D eigenvalue weighted by Gasteiger charge is -2.24. The molecule has 1 aliphatic carbocycles. The lowest BCUT2D eigenvalue weighted by Crippen LogP contribution is -2.15. The van der Waals surface area contributed by atoms with E-state index in [9.17, 15) is 0 Å². The van der Waals surface area contributed by atoms with E-state index in [0.29, 0.717) is 5.56 Å². The lowest BCUT2D eigenvalue weighted by atomic mass is 9.83. The monoisotopic (exact) mass is 207 g/mol. The molecule has 0 bridgehead atoms. The highest BCUT2D eigenvalue weighted by molar-refractivity contribution is 6.30. The molecule has 0 unspecified atom stereocenters. The normalized spacial score (nSPS) is 16.0. The second-order valence-electron chi connectivity index (χ2n) is 3.60. The Balaban J connectivity index is 2.12.